The van der Waals surface area contributed by atoms with Gasteiger partial charge in [0.15, 0.2) is 0 Å². The standard InChI is InChI=1S/C34H32Cl2N4O6/c1-44-29-12-7-19(16-37-29)25-13-20(8-11-24(25)33(41)42)38-34(43)40-21-9-10-22(40)15-23(14-21)45-17-26-31(39-46-32(26)18-5-6-18)30-27(35)3-2-4-28(30)36/h2-4,7-8,11-13,16,18,21-23H,5-6,9-10,14-15,17H2,1H3,(H,38,43)(H,41,42). The zero-order valence-electron chi connectivity index (χ0n) is 25.0. The van der Waals surface area contributed by atoms with Gasteiger partial charge in [-0.2, -0.15) is 0 Å². The Morgan fingerprint density at radius 1 is 1.04 bits per heavy atom. The van der Waals surface area contributed by atoms with Crippen molar-refractivity contribution in [2.24, 2.45) is 0 Å². The number of hydrogen-bond donors (Lipinski definition) is 2. The SMILES string of the molecule is COc1ccc(-c2cc(NC(=O)N3C4CCC3CC(OCc3c(-c5c(Cl)cccc5Cl)noc3C3CC3)C4)ccc2C(=O)O)cn1. The molecule has 4 aromatic rings. The topological polar surface area (TPSA) is 127 Å². The molecule has 3 aliphatic rings. The Labute approximate surface area is 275 Å². The molecule has 0 radical (unpaired) electrons. The third-order valence-electron chi connectivity index (χ3n) is 9.11. The van der Waals surface area contributed by atoms with Gasteiger partial charge in [-0.25, -0.2) is 14.6 Å². The van der Waals surface area contributed by atoms with Crippen LogP contribution in [0.15, 0.2) is 59.3 Å². The number of nitrogens with one attached hydrogen (secondary N) is 1. The van der Waals surface area contributed by atoms with Crippen molar-refractivity contribution in [1.29, 1.82) is 0 Å². The third-order valence-corrected chi connectivity index (χ3v) is 9.74. The van der Waals surface area contributed by atoms with Crippen molar-refractivity contribution in [1.82, 2.24) is 15.0 Å². The Hall–Kier alpha value is -4.12. The molecule has 0 spiro atoms. The molecule has 46 heavy (non-hydrogen) atoms. The lowest BCUT2D eigenvalue weighted by Gasteiger charge is -2.38. The van der Waals surface area contributed by atoms with Crippen molar-refractivity contribution in [3.8, 4) is 28.3 Å². The summed E-state index contributed by atoms with van der Waals surface area (Å²) >= 11 is 13.1. The van der Waals surface area contributed by atoms with E-state index < -0.39 is 5.97 Å². The van der Waals surface area contributed by atoms with Gasteiger partial charge in [-0.15, -0.1) is 0 Å². The number of ether oxygens (including phenoxy) is 2. The molecule has 2 unspecified atom stereocenters. The van der Waals surface area contributed by atoms with Gasteiger partial charge in [0.2, 0.25) is 5.88 Å². The van der Waals surface area contributed by atoms with Crippen molar-refractivity contribution < 1.29 is 28.7 Å². The summed E-state index contributed by atoms with van der Waals surface area (Å²) in [6, 6.07) is 13.4. The van der Waals surface area contributed by atoms with Crippen molar-refractivity contribution in [2.45, 2.75) is 69.2 Å². The molecule has 7 rings (SSSR count). The van der Waals surface area contributed by atoms with Crippen LogP contribution in [-0.2, 0) is 11.3 Å². The molecule has 2 aliphatic heterocycles. The van der Waals surface area contributed by atoms with E-state index in [1.54, 1.807) is 48.7 Å². The molecule has 2 atom stereocenters. The molecule has 2 aromatic heterocycles. The predicted molar refractivity (Wildman–Crippen MR) is 173 cm³/mol. The van der Waals surface area contributed by atoms with Gasteiger partial charge >= 0.3 is 12.0 Å². The summed E-state index contributed by atoms with van der Waals surface area (Å²) in [5.41, 5.74) is 3.82. The predicted octanol–water partition coefficient (Wildman–Crippen LogP) is 8.04. The number of carboxylic acid groups (broad SMARTS) is 1. The molecule has 4 heterocycles. The molecule has 1 saturated carbocycles. The fraction of sp³-hybridized carbons (Fsp3) is 0.353. The van der Waals surface area contributed by atoms with E-state index in [4.69, 9.17) is 37.2 Å². The zero-order chi connectivity index (χ0) is 31.9. The molecule has 2 saturated heterocycles. The van der Waals surface area contributed by atoms with Crippen LogP contribution in [0.4, 0.5) is 10.5 Å². The first-order chi connectivity index (χ1) is 22.3. The Morgan fingerprint density at radius 2 is 1.78 bits per heavy atom. The van der Waals surface area contributed by atoms with Crippen molar-refractivity contribution in [3.63, 3.8) is 0 Å². The second-order valence-electron chi connectivity index (χ2n) is 12.0. The van der Waals surface area contributed by atoms with E-state index in [2.05, 4.69) is 15.5 Å². The fourth-order valence-corrected chi connectivity index (χ4v) is 7.32. The zero-order valence-corrected chi connectivity index (χ0v) is 26.6. The second-order valence-corrected chi connectivity index (χ2v) is 12.8. The summed E-state index contributed by atoms with van der Waals surface area (Å²) < 4.78 is 17.4. The molecule has 2 N–H and O–H groups in total. The van der Waals surface area contributed by atoms with Crippen molar-refractivity contribution in [3.05, 3.63) is 81.7 Å². The molecule has 1 aliphatic carbocycles. The average molecular weight is 664 g/mol. The van der Waals surface area contributed by atoms with Crippen molar-refractivity contribution in [2.75, 3.05) is 12.4 Å². The van der Waals surface area contributed by atoms with Gasteiger partial charge in [-0.1, -0.05) is 34.4 Å². The summed E-state index contributed by atoms with van der Waals surface area (Å²) in [6.45, 7) is 0.321. The number of anilines is 1. The molecule has 2 aromatic carbocycles. The highest BCUT2D eigenvalue weighted by molar-refractivity contribution is 6.39. The lowest BCUT2D eigenvalue weighted by molar-refractivity contribution is -0.0158. The van der Waals surface area contributed by atoms with Gasteiger partial charge < -0.3 is 29.3 Å². The Morgan fingerprint density at radius 3 is 2.41 bits per heavy atom. The highest BCUT2D eigenvalue weighted by atomic mass is 35.5. The Bertz CT molecular complexity index is 1760. The molecule has 3 fully saturated rings. The monoisotopic (exact) mass is 662 g/mol. The molecular formula is C34H32Cl2N4O6. The minimum absolute atomic E-state index is 0.0233. The largest absolute Gasteiger partial charge is 0.481 e. The highest BCUT2D eigenvalue weighted by Crippen LogP contribution is 2.46. The van der Waals surface area contributed by atoms with Crippen molar-refractivity contribution >= 4 is 40.9 Å². The van der Waals surface area contributed by atoms with Gasteiger partial charge in [0.25, 0.3) is 0 Å². The number of rotatable bonds is 9. The smallest absolute Gasteiger partial charge is 0.336 e. The van der Waals surface area contributed by atoms with E-state index in [0.717, 1.165) is 37.0 Å². The van der Waals surface area contributed by atoms with Gasteiger partial charge in [0.05, 0.1) is 35.4 Å². The lowest BCUT2D eigenvalue weighted by atomic mass is 9.99. The molecule has 10 nitrogen and oxygen atoms in total. The molecule has 2 bridgehead atoms. The Balaban J connectivity index is 1.04. The number of aromatic carboxylic acids is 1. The van der Waals surface area contributed by atoms with E-state index >= 15 is 0 Å². The van der Waals surface area contributed by atoms with E-state index in [1.807, 2.05) is 4.90 Å². The summed E-state index contributed by atoms with van der Waals surface area (Å²) in [7, 11) is 1.51. The molecule has 12 heteroatoms. The maximum absolute atomic E-state index is 13.6. The van der Waals surface area contributed by atoms with Gasteiger partial charge in [-0.05, 0) is 80.5 Å². The average Bonchev–Trinajstić information content (AvgIpc) is 3.75. The number of fused-ring (bicyclic) bond motifs is 2. The first-order valence-electron chi connectivity index (χ1n) is 15.3. The maximum Gasteiger partial charge on any atom is 0.336 e. The fourth-order valence-electron chi connectivity index (χ4n) is 6.74. The molecular weight excluding hydrogens is 631 g/mol. The number of halogens is 2. The summed E-state index contributed by atoms with van der Waals surface area (Å²) in [5, 5.41) is 18.2. The van der Waals surface area contributed by atoms with E-state index in [9.17, 15) is 14.7 Å². The van der Waals surface area contributed by atoms with Gasteiger partial charge in [-0.3, -0.25) is 0 Å². The Kier molecular flexibility index (Phi) is 8.35. The van der Waals surface area contributed by atoms with Crippen LogP contribution < -0.4 is 10.1 Å². The van der Waals surface area contributed by atoms with Crippen LogP contribution >= 0.6 is 23.2 Å². The van der Waals surface area contributed by atoms with Crippen LogP contribution in [0.5, 0.6) is 5.88 Å². The normalized spacial score (nSPS) is 20.5. The van der Waals surface area contributed by atoms with Crippen LogP contribution in [0, 0.1) is 0 Å². The lowest BCUT2D eigenvalue weighted by Crippen LogP contribution is -2.50. The van der Waals surface area contributed by atoms with Crippen LogP contribution in [0.1, 0.15) is 66.1 Å². The van der Waals surface area contributed by atoms with E-state index in [0.29, 0.717) is 69.4 Å². The highest BCUT2D eigenvalue weighted by Gasteiger charge is 2.44. The number of methoxy groups -OCH3 is 1. The quantitative estimate of drug-likeness (QED) is 0.184. The number of pyridine rings is 1. The van der Waals surface area contributed by atoms with Gasteiger partial charge in [0.1, 0.15) is 11.5 Å². The van der Waals surface area contributed by atoms with E-state index in [1.165, 1.54) is 13.2 Å². The number of hydrogen-bond acceptors (Lipinski definition) is 7. The minimum Gasteiger partial charge on any atom is -0.481 e. The number of piperidine rings is 1. The number of amides is 2. The maximum atomic E-state index is 13.6. The summed E-state index contributed by atoms with van der Waals surface area (Å²) in [4.78, 5) is 31.7. The van der Waals surface area contributed by atoms with Crippen LogP contribution in [-0.4, -0.2) is 57.4 Å². The number of carboxylic acids is 1. The summed E-state index contributed by atoms with van der Waals surface area (Å²) in [5.74, 6) is 0.517. The van der Waals surface area contributed by atoms with E-state index in [-0.39, 0.29) is 29.8 Å². The van der Waals surface area contributed by atoms with Crippen LogP contribution in [0.2, 0.25) is 10.0 Å². The number of nitrogens with zero attached hydrogens (tertiary/aromatic N) is 3. The minimum atomic E-state index is -1.07. The second kappa shape index (κ2) is 12.6. The number of aromatic nitrogens is 2. The number of carbonyl (C=O) groups excluding carboxylic acids is 1. The molecule has 2 amide bonds. The van der Waals surface area contributed by atoms with Gasteiger partial charge in [0, 0.05) is 52.6 Å². The summed E-state index contributed by atoms with van der Waals surface area (Å²) in [6.07, 6.45) is 6.80. The first-order valence-corrected chi connectivity index (χ1v) is 16.1. The van der Waals surface area contributed by atoms with Crippen LogP contribution in [0.25, 0.3) is 22.4 Å². The first kappa shape index (κ1) is 30.5. The van der Waals surface area contributed by atoms with Crippen LogP contribution in [0.3, 0.4) is 0 Å². The third kappa shape index (κ3) is 5.92. The number of urea groups is 1. The molecule has 238 valence electrons. The number of benzene rings is 2. The number of carbonyl (C=O) groups is 2.